The highest BCUT2D eigenvalue weighted by molar-refractivity contribution is 9.10. The second kappa shape index (κ2) is 4.26. The Morgan fingerprint density at radius 1 is 1.47 bits per heavy atom. The first-order chi connectivity index (χ1) is 7.09. The van der Waals surface area contributed by atoms with Gasteiger partial charge in [-0.25, -0.2) is 0 Å². The highest BCUT2D eigenvalue weighted by Gasteiger charge is 2.33. The summed E-state index contributed by atoms with van der Waals surface area (Å²) >= 11 is 3.61. The quantitative estimate of drug-likeness (QED) is 0.872. The fourth-order valence-corrected chi connectivity index (χ4v) is 3.06. The summed E-state index contributed by atoms with van der Waals surface area (Å²) in [6.07, 6.45) is 4.74. The molecule has 0 radical (unpaired) electrons. The van der Waals surface area contributed by atoms with Crippen molar-refractivity contribution in [3.05, 3.63) is 34.3 Å². The van der Waals surface area contributed by atoms with Crippen LogP contribution in [-0.2, 0) is 6.42 Å². The van der Waals surface area contributed by atoms with E-state index >= 15 is 0 Å². The summed E-state index contributed by atoms with van der Waals surface area (Å²) in [6, 6.07) is 8.92. The first-order valence-electron chi connectivity index (χ1n) is 5.58. The van der Waals surface area contributed by atoms with E-state index in [4.69, 9.17) is 5.73 Å². The zero-order valence-corrected chi connectivity index (χ0v) is 10.8. The average molecular weight is 268 g/mol. The second-order valence-corrected chi connectivity index (χ2v) is 5.94. The number of hydrogen-bond donors (Lipinski definition) is 1. The van der Waals surface area contributed by atoms with Crippen molar-refractivity contribution in [2.45, 2.75) is 38.6 Å². The molecule has 1 aromatic rings. The maximum absolute atomic E-state index is 5.99. The number of hydrogen-bond acceptors (Lipinski definition) is 1. The Kier molecular flexibility index (Phi) is 3.17. The molecule has 0 aliphatic heterocycles. The van der Waals surface area contributed by atoms with Gasteiger partial charge in [0.1, 0.15) is 0 Å². The summed E-state index contributed by atoms with van der Waals surface area (Å²) in [5, 5.41) is 0. The lowest BCUT2D eigenvalue weighted by atomic mass is 9.82. The molecule has 0 saturated heterocycles. The minimum absolute atomic E-state index is 0.406. The van der Waals surface area contributed by atoms with Crippen molar-refractivity contribution in [1.29, 1.82) is 0 Å². The van der Waals surface area contributed by atoms with Gasteiger partial charge in [0.2, 0.25) is 0 Å². The molecule has 1 fully saturated rings. The van der Waals surface area contributed by atoms with Crippen LogP contribution in [0, 0.1) is 5.41 Å². The van der Waals surface area contributed by atoms with Crippen molar-refractivity contribution in [1.82, 2.24) is 0 Å². The number of benzene rings is 1. The summed E-state index contributed by atoms with van der Waals surface area (Å²) in [5.41, 5.74) is 7.81. The highest BCUT2D eigenvalue weighted by Crippen LogP contribution is 2.40. The molecular weight excluding hydrogens is 250 g/mol. The van der Waals surface area contributed by atoms with Gasteiger partial charge in [-0.3, -0.25) is 0 Å². The molecule has 1 aliphatic rings. The zero-order chi connectivity index (χ0) is 10.9. The maximum atomic E-state index is 5.99. The van der Waals surface area contributed by atoms with Crippen molar-refractivity contribution in [2.75, 3.05) is 0 Å². The molecule has 1 aliphatic carbocycles. The molecule has 2 rings (SSSR count). The van der Waals surface area contributed by atoms with Gasteiger partial charge in [-0.1, -0.05) is 41.1 Å². The van der Waals surface area contributed by atoms with Crippen LogP contribution in [0.4, 0.5) is 0 Å². The Morgan fingerprint density at radius 2 is 2.20 bits per heavy atom. The average Bonchev–Trinajstić information content (AvgIpc) is 2.51. The SMILES string of the molecule is CC1(Cc2ccccc2Br)CCC(N)C1. The number of nitrogens with two attached hydrogens (primary N) is 1. The molecule has 2 atom stereocenters. The molecule has 1 aromatic carbocycles. The van der Waals surface area contributed by atoms with E-state index in [1.807, 2.05) is 0 Å². The van der Waals surface area contributed by atoms with Crippen LogP contribution in [0.25, 0.3) is 0 Å². The molecule has 0 heterocycles. The standard InChI is InChI=1S/C13H18BrN/c1-13(7-6-11(15)9-13)8-10-4-2-3-5-12(10)14/h2-5,11H,6-9,15H2,1H3. The van der Waals surface area contributed by atoms with E-state index in [0.29, 0.717) is 11.5 Å². The van der Waals surface area contributed by atoms with Crippen molar-refractivity contribution in [3.8, 4) is 0 Å². The Balaban J connectivity index is 2.12. The van der Waals surface area contributed by atoms with Crippen LogP contribution in [0.15, 0.2) is 28.7 Å². The van der Waals surface area contributed by atoms with E-state index in [0.717, 1.165) is 12.8 Å². The Bertz CT molecular complexity index is 350. The molecule has 2 unspecified atom stereocenters. The lowest BCUT2D eigenvalue weighted by Gasteiger charge is -2.24. The predicted octanol–water partition coefficient (Wildman–Crippen LogP) is 3.51. The molecule has 2 heteroatoms. The largest absolute Gasteiger partial charge is 0.328 e. The third-order valence-corrected chi connectivity index (χ3v) is 4.22. The van der Waals surface area contributed by atoms with Gasteiger partial charge in [-0.2, -0.15) is 0 Å². The fraction of sp³-hybridized carbons (Fsp3) is 0.538. The van der Waals surface area contributed by atoms with Crippen molar-refractivity contribution >= 4 is 15.9 Å². The first-order valence-corrected chi connectivity index (χ1v) is 6.37. The molecule has 1 saturated carbocycles. The maximum Gasteiger partial charge on any atom is 0.0207 e. The van der Waals surface area contributed by atoms with E-state index in [1.165, 1.54) is 22.9 Å². The Labute approximate surface area is 100 Å². The summed E-state index contributed by atoms with van der Waals surface area (Å²) in [5.74, 6) is 0. The lowest BCUT2D eigenvalue weighted by Crippen LogP contribution is -2.21. The summed E-state index contributed by atoms with van der Waals surface area (Å²) < 4.78 is 1.23. The fourth-order valence-electron chi connectivity index (χ4n) is 2.63. The third-order valence-electron chi connectivity index (χ3n) is 3.45. The molecule has 0 aromatic heterocycles. The van der Waals surface area contributed by atoms with Crippen LogP contribution in [0.1, 0.15) is 31.7 Å². The normalized spacial score (nSPS) is 30.7. The van der Waals surface area contributed by atoms with Crippen LogP contribution in [0.2, 0.25) is 0 Å². The van der Waals surface area contributed by atoms with Crippen LogP contribution < -0.4 is 5.73 Å². The van der Waals surface area contributed by atoms with Crippen molar-refractivity contribution in [3.63, 3.8) is 0 Å². The van der Waals surface area contributed by atoms with E-state index in [1.54, 1.807) is 0 Å². The lowest BCUT2D eigenvalue weighted by molar-refractivity contribution is 0.329. The van der Waals surface area contributed by atoms with Gasteiger partial charge in [-0.05, 0) is 42.7 Å². The van der Waals surface area contributed by atoms with E-state index in [-0.39, 0.29) is 0 Å². The van der Waals surface area contributed by atoms with E-state index in [2.05, 4.69) is 47.1 Å². The minimum Gasteiger partial charge on any atom is -0.328 e. The summed E-state index contributed by atoms with van der Waals surface area (Å²) in [6.45, 7) is 2.36. The monoisotopic (exact) mass is 267 g/mol. The zero-order valence-electron chi connectivity index (χ0n) is 9.17. The number of halogens is 1. The second-order valence-electron chi connectivity index (χ2n) is 5.08. The molecular formula is C13H18BrN. The Hall–Kier alpha value is -0.340. The molecule has 0 bridgehead atoms. The topological polar surface area (TPSA) is 26.0 Å². The molecule has 2 N–H and O–H groups in total. The predicted molar refractivity (Wildman–Crippen MR) is 67.8 cm³/mol. The van der Waals surface area contributed by atoms with Gasteiger partial charge in [-0.15, -0.1) is 0 Å². The van der Waals surface area contributed by atoms with Crippen molar-refractivity contribution in [2.24, 2.45) is 11.1 Å². The van der Waals surface area contributed by atoms with Gasteiger partial charge in [0, 0.05) is 10.5 Å². The molecule has 15 heavy (non-hydrogen) atoms. The van der Waals surface area contributed by atoms with Crippen molar-refractivity contribution < 1.29 is 0 Å². The van der Waals surface area contributed by atoms with Crippen LogP contribution >= 0.6 is 15.9 Å². The van der Waals surface area contributed by atoms with Crippen LogP contribution in [-0.4, -0.2) is 6.04 Å². The van der Waals surface area contributed by atoms with Gasteiger partial charge in [0.15, 0.2) is 0 Å². The first kappa shape index (κ1) is 11.2. The van der Waals surface area contributed by atoms with Gasteiger partial charge >= 0.3 is 0 Å². The minimum atomic E-state index is 0.406. The highest BCUT2D eigenvalue weighted by atomic mass is 79.9. The molecule has 0 spiro atoms. The van der Waals surface area contributed by atoms with E-state index < -0.39 is 0 Å². The van der Waals surface area contributed by atoms with Gasteiger partial charge < -0.3 is 5.73 Å². The van der Waals surface area contributed by atoms with Gasteiger partial charge in [0.25, 0.3) is 0 Å². The summed E-state index contributed by atoms with van der Waals surface area (Å²) in [4.78, 5) is 0. The van der Waals surface area contributed by atoms with Gasteiger partial charge in [0.05, 0.1) is 0 Å². The molecule has 82 valence electrons. The number of rotatable bonds is 2. The van der Waals surface area contributed by atoms with Crippen LogP contribution in [0.5, 0.6) is 0 Å². The Morgan fingerprint density at radius 3 is 2.80 bits per heavy atom. The van der Waals surface area contributed by atoms with Crippen LogP contribution in [0.3, 0.4) is 0 Å². The van der Waals surface area contributed by atoms with E-state index in [9.17, 15) is 0 Å². The molecule has 0 amide bonds. The third kappa shape index (κ3) is 2.61. The molecule has 1 nitrogen and oxygen atoms in total. The summed E-state index contributed by atoms with van der Waals surface area (Å²) in [7, 11) is 0. The smallest absolute Gasteiger partial charge is 0.0207 e.